The number of rotatable bonds is 7. The molecule has 0 saturated heterocycles. The topological polar surface area (TPSA) is 64.3 Å². The minimum absolute atomic E-state index is 0.344. The fourth-order valence-electron chi connectivity index (χ4n) is 3.33. The van der Waals surface area contributed by atoms with Crippen molar-refractivity contribution in [1.82, 2.24) is 4.90 Å². The van der Waals surface area contributed by atoms with Crippen molar-refractivity contribution >= 4 is 22.6 Å². The number of benzene rings is 3. The number of hydrogen-bond acceptors (Lipinski definition) is 6. The van der Waals surface area contributed by atoms with Crippen molar-refractivity contribution in [2.24, 2.45) is 4.99 Å². The Kier molecular flexibility index (Phi) is 6.86. The number of methoxy groups -OCH3 is 1. The summed E-state index contributed by atoms with van der Waals surface area (Å²) in [5, 5.41) is 1.58. The molecule has 0 aliphatic carbocycles. The first-order valence-electron chi connectivity index (χ1n) is 10.7. The van der Waals surface area contributed by atoms with Crippen LogP contribution in [0.1, 0.15) is 10.4 Å². The Morgan fingerprint density at radius 3 is 2.42 bits per heavy atom. The molecule has 0 N–H and O–H groups in total. The highest BCUT2D eigenvalue weighted by Gasteiger charge is 2.09. The maximum absolute atomic E-state index is 12.2. The van der Waals surface area contributed by atoms with Gasteiger partial charge in [-0.05, 0) is 56.6 Å². The van der Waals surface area contributed by atoms with Gasteiger partial charge >= 0.3 is 5.97 Å². The Morgan fingerprint density at radius 1 is 0.970 bits per heavy atom. The molecule has 0 aliphatic heterocycles. The van der Waals surface area contributed by atoms with E-state index in [4.69, 9.17) is 18.9 Å². The van der Waals surface area contributed by atoms with Gasteiger partial charge in [-0.3, -0.25) is 0 Å². The molecular formula is C27H26N2O4. The summed E-state index contributed by atoms with van der Waals surface area (Å²) in [4.78, 5) is 19.1. The summed E-state index contributed by atoms with van der Waals surface area (Å²) < 4.78 is 16.9. The Morgan fingerprint density at radius 2 is 1.73 bits per heavy atom. The Hall–Kier alpha value is -3.90. The molecule has 0 radical (unpaired) electrons. The van der Waals surface area contributed by atoms with Crippen molar-refractivity contribution in [3.05, 3.63) is 89.8 Å². The third-order valence-corrected chi connectivity index (χ3v) is 5.13. The van der Waals surface area contributed by atoms with Gasteiger partial charge in [0, 0.05) is 23.6 Å². The lowest BCUT2D eigenvalue weighted by Gasteiger charge is -2.10. The van der Waals surface area contributed by atoms with Crippen molar-refractivity contribution in [3.63, 3.8) is 0 Å². The highest BCUT2D eigenvalue weighted by atomic mass is 16.5. The summed E-state index contributed by atoms with van der Waals surface area (Å²) in [7, 11) is 5.50. The highest BCUT2D eigenvalue weighted by molar-refractivity contribution is 5.89. The number of nitrogens with zero attached hydrogens (tertiary/aromatic N) is 2. The van der Waals surface area contributed by atoms with Crippen molar-refractivity contribution < 1.29 is 18.7 Å². The van der Waals surface area contributed by atoms with Crippen LogP contribution in [0, 0.1) is 0 Å². The van der Waals surface area contributed by atoms with E-state index in [1.54, 1.807) is 31.4 Å². The summed E-state index contributed by atoms with van der Waals surface area (Å²) in [6, 6.07) is 24.5. The van der Waals surface area contributed by atoms with Gasteiger partial charge in [0.05, 0.1) is 23.7 Å². The minimum Gasteiger partial charge on any atom is -0.497 e. The second kappa shape index (κ2) is 10.1. The van der Waals surface area contributed by atoms with Crippen LogP contribution in [-0.2, 0) is 4.74 Å². The minimum atomic E-state index is -0.344. The smallest absolute Gasteiger partial charge is 0.338 e. The number of hydrogen-bond donors (Lipinski definition) is 0. The summed E-state index contributed by atoms with van der Waals surface area (Å²) in [5.74, 6) is 1.09. The van der Waals surface area contributed by atoms with E-state index in [0.717, 1.165) is 22.1 Å². The van der Waals surface area contributed by atoms with E-state index in [2.05, 4.69) is 0 Å². The average Bonchev–Trinajstić information content (AvgIpc) is 2.84. The molecule has 168 valence electrons. The van der Waals surface area contributed by atoms with Crippen LogP contribution in [0.5, 0.6) is 5.75 Å². The summed E-state index contributed by atoms with van der Waals surface area (Å²) in [5.41, 5.74) is 2.88. The van der Waals surface area contributed by atoms with Crippen LogP contribution >= 0.6 is 0 Å². The Balaban J connectivity index is 1.71. The molecule has 0 spiro atoms. The Bertz CT molecular complexity index is 1310. The molecule has 0 saturated carbocycles. The largest absolute Gasteiger partial charge is 0.497 e. The van der Waals surface area contributed by atoms with Crippen molar-refractivity contribution in [1.29, 1.82) is 0 Å². The third kappa shape index (κ3) is 5.48. The second-order valence-corrected chi connectivity index (χ2v) is 7.82. The second-order valence-electron chi connectivity index (χ2n) is 7.82. The number of ether oxygens (including phenoxy) is 2. The molecule has 4 aromatic rings. The van der Waals surface area contributed by atoms with Crippen LogP contribution in [0.15, 0.2) is 88.3 Å². The van der Waals surface area contributed by atoms with E-state index < -0.39 is 0 Å². The van der Waals surface area contributed by atoms with Gasteiger partial charge < -0.3 is 18.8 Å². The van der Waals surface area contributed by atoms with Gasteiger partial charge in [0.2, 0.25) is 0 Å². The molecule has 0 aliphatic rings. The van der Waals surface area contributed by atoms with Crippen LogP contribution in [-0.4, -0.2) is 45.2 Å². The predicted molar refractivity (Wildman–Crippen MR) is 129 cm³/mol. The van der Waals surface area contributed by atoms with Gasteiger partial charge in [0.1, 0.15) is 23.7 Å². The van der Waals surface area contributed by atoms with Crippen molar-refractivity contribution in [2.75, 3.05) is 34.4 Å². The zero-order valence-corrected chi connectivity index (χ0v) is 18.9. The first-order valence-corrected chi connectivity index (χ1v) is 10.7. The molecule has 0 amide bonds. The molecule has 0 unspecified atom stereocenters. The lowest BCUT2D eigenvalue weighted by Crippen LogP contribution is -2.20. The van der Waals surface area contributed by atoms with Gasteiger partial charge in [0.25, 0.3) is 0 Å². The quantitative estimate of drug-likeness (QED) is 0.375. The summed E-state index contributed by atoms with van der Waals surface area (Å²) >= 11 is 0. The number of fused-ring (bicyclic) bond motifs is 1. The van der Waals surface area contributed by atoms with Gasteiger partial charge in [-0.15, -0.1) is 0 Å². The Labute approximate surface area is 192 Å². The number of esters is 1. The van der Waals surface area contributed by atoms with E-state index in [0.29, 0.717) is 35.7 Å². The number of likely N-dealkylation sites (N-methyl/N-ethyl adjacent to an activating group) is 1. The fraction of sp³-hybridized carbons (Fsp3) is 0.185. The van der Waals surface area contributed by atoms with Gasteiger partial charge in [-0.2, -0.15) is 0 Å². The van der Waals surface area contributed by atoms with E-state index in [1.807, 2.05) is 73.6 Å². The van der Waals surface area contributed by atoms with Crippen LogP contribution in [0.4, 0.5) is 5.69 Å². The maximum atomic E-state index is 12.2. The zero-order valence-electron chi connectivity index (χ0n) is 18.9. The lowest BCUT2D eigenvalue weighted by molar-refractivity contribution is 0.0482. The number of carbonyl (C=O) groups excluding carboxylic acids is 1. The molecule has 4 rings (SSSR count). The SMILES string of the molecule is COc1ccc2oc(-c3ccccc3)cc(=Nc3ccc(C(=O)OCCN(C)C)cc3)c2c1. The van der Waals surface area contributed by atoms with Gasteiger partial charge in [-0.25, -0.2) is 9.79 Å². The average molecular weight is 443 g/mol. The van der Waals surface area contributed by atoms with Crippen LogP contribution in [0.2, 0.25) is 0 Å². The molecule has 1 heterocycles. The van der Waals surface area contributed by atoms with Crippen LogP contribution in [0.3, 0.4) is 0 Å². The number of carbonyl (C=O) groups is 1. The molecular weight excluding hydrogens is 416 g/mol. The van der Waals surface area contributed by atoms with Crippen molar-refractivity contribution in [3.8, 4) is 17.1 Å². The van der Waals surface area contributed by atoms with E-state index >= 15 is 0 Å². The predicted octanol–water partition coefficient (Wildman–Crippen LogP) is 5.06. The molecule has 0 bridgehead atoms. The lowest BCUT2D eigenvalue weighted by atomic mass is 10.1. The zero-order chi connectivity index (χ0) is 23.2. The molecule has 6 heteroatoms. The van der Waals surface area contributed by atoms with E-state index in [-0.39, 0.29) is 5.97 Å². The maximum Gasteiger partial charge on any atom is 0.338 e. The molecule has 0 atom stereocenters. The first kappa shape index (κ1) is 22.3. The molecule has 6 nitrogen and oxygen atoms in total. The van der Waals surface area contributed by atoms with E-state index in [1.165, 1.54) is 0 Å². The molecule has 33 heavy (non-hydrogen) atoms. The fourth-order valence-corrected chi connectivity index (χ4v) is 3.33. The summed E-state index contributed by atoms with van der Waals surface area (Å²) in [6.07, 6.45) is 0. The van der Waals surface area contributed by atoms with Gasteiger partial charge in [0.15, 0.2) is 0 Å². The highest BCUT2D eigenvalue weighted by Crippen LogP contribution is 2.25. The molecule has 0 fully saturated rings. The standard InChI is InChI=1S/C27H26N2O4/c1-29(2)15-16-32-27(30)20-9-11-21(12-10-20)28-24-18-26(19-7-5-4-6-8-19)33-25-14-13-22(31-3)17-23(24)25/h4-14,17-18H,15-16H2,1-3H3. The normalized spacial score (nSPS) is 11.7. The first-order chi connectivity index (χ1) is 16.0. The third-order valence-electron chi connectivity index (χ3n) is 5.13. The van der Waals surface area contributed by atoms with E-state index in [9.17, 15) is 4.79 Å². The molecule has 3 aromatic carbocycles. The monoisotopic (exact) mass is 442 g/mol. The van der Waals surface area contributed by atoms with Crippen molar-refractivity contribution in [2.45, 2.75) is 0 Å². The van der Waals surface area contributed by atoms with Crippen LogP contribution < -0.4 is 10.1 Å². The molecule has 1 aromatic heterocycles. The van der Waals surface area contributed by atoms with Gasteiger partial charge in [-0.1, -0.05) is 30.3 Å². The van der Waals surface area contributed by atoms with Crippen LogP contribution in [0.25, 0.3) is 22.3 Å². The summed E-state index contributed by atoms with van der Waals surface area (Å²) in [6.45, 7) is 1.03.